The fourth-order valence-electron chi connectivity index (χ4n) is 4.84. The van der Waals surface area contributed by atoms with E-state index in [0.717, 1.165) is 25.7 Å². The molecule has 0 amide bonds. The lowest BCUT2D eigenvalue weighted by molar-refractivity contribution is -0.129. The van der Waals surface area contributed by atoms with E-state index in [9.17, 15) is 9.90 Å². The molecule has 0 aromatic rings. The van der Waals surface area contributed by atoms with Crippen molar-refractivity contribution in [2.75, 3.05) is 0 Å². The third-order valence-corrected chi connectivity index (χ3v) is 6.97. The van der Waals surface area contributed by atoms with Gasteiger partial charge in [-0.3, -0.25) is 4.79 Å². The minimum atomic E-state index is -0.626. The maximum atomic E-state index is 12.2. The Bertz CT molecular complexity index is 437. The lowest BCUT2D eigenvalue weighted by atomic mass is 9.62. The van der Waals surface area contributed by atoms with Gasteiger partial charge in [0.15, 0.2) is 0 Å². The second-order valence-corrected chi connectivity index (χ2v) is 8.31. The summed E-state index contributed by atoms with van der Waals surface area (Å²) >= 11 is 0. The van der Waals surface area contributed by atoms with E-state index < -0.39 is 5.60 Å². The van der Waals surface area contributed by atoms with Gasteiger partial charge in [-0.2, -0.15) is 0 Å². The fourth-order valence-corrected chi connectivity index (χ4v) is 4.84. The Morgan fingerprint density at radius 3 is 2.68 bits per heavy atom. The highest BCUT2D eigenvalue weighted by atomic mass is 16.3. The van der Waals surface area contributed by atoms with Crippen LogP contribution in [0.2, 0.25) is 0 Å². The molecule has 0 heterocycles. The van der Waals surface area contributed by atoms with Gasteiger partial charge in [0, 0.05) is 18.3 Å². The molecule has 0 saturated heterocycles. The summed E-state index contributed by atoms with van der Waals surface area (Å²) in [7, 11) is 0. The van der Waals surface area contributed by atoms with Crippen LogP contribution in [0.15, 0.2) is 12.2 Å². The summed E-state index contributed by atoms with van der Waals surface area (Å²) in [5, 5.41) is 10.3. The molecule has 0 aromatic heterocycles. The summed E-state index contributed by atoms with van der Waals surface area (Å²) < 4.78 is 0. The number of carbonyl (C=O) groups is 1. The zero-order chi connectivity index (χ0) is 16.5. The first-order chi connectivity index (χ1) is 10.2. The number of aliphatic hydroxyl groups is 1. The zero-order valence-corrected chi connectivity index (χ0v) is 15.1. The van der Waals surface area contributed by atoms with E-state index in [0.29, 0.717) is 23.5 Å². The Hall–Kier alpha value is -0.630. The smallest absolute Gasteiger partial charge is 0.136 e. The number of carbonyl (C=O) groups excluding carboxylic acids is 1. The van der Waals surface area contributed by atoms with E-state index in [1.807, 2.05) is 13.8 Å². The molecular weight excluding hydrogens is 272 g/mol. The van der Waals surface area contributed by atoms with Gasteiger partial charge in [0.05, 0.1) is 5.60 Å². The molecule has 2 aliphatic carbocycles. The predicted octanol–water partition coefficient (Wildman–Crippen LogP) is 4.76. The average molecular weight is 306 g/mol. The van der Waals surface area contributed by atoms with Crippen LogP contribution >= 0.6 is 0 Å². The zero-order valence-electron chi connectivity index (χ0n) is 15.1. The van der Waals surface area contributed by atoms with Gasteiger partial charge in [-0.05, 0) is 56.3 Å². The maximum absolute atomic E-state index is 12.2. The van der Waals surface area contributed by atoms with Crippen molar-refractivity contribution in [1.82, 2.24) is 0 Å². The minimum Gasteiger partial charge on any atom is -0.390 e. The van der Waals surface area contributed by atoms with Crippen LogP contribution in [0.4, 0.5) is 0 Å². The molecule has 0 aliphatic heterocycles. The molecular formula is C20H34O2. The molecule has 1 N–H and O–H groups in total. The molecule has 0 aromatic carbocycles. The topological polar surface area (TPSA) is 37.3 Å². The van der Waals surface area contributed by atoms with Crippen molar-refractivity contribution >= 4 is 5.78 Å². The van der Waals surface area contributed by atoms with Crippen LogP contribution in [0.5, 0.6) is 0 Å². The summed E-state index contributed by atoms with van der Waals surface area (Å²) in [5.74, 6) is 2.07. The quantitative estimate of drug-likeness (QED) is 0.743. The van der Waals surface area contributed by atoms with Gasteiger partial charge in [0.2, 0.25) is 0 Å². The van der Waals surface area contributed by atoms with Gasteiger partial charge in [0.1, 0.15) is 5.78 Å². The van der Waals surface area contributed by atoms with Crippen LogP contribution < -0.4 is 0 Å². The maximum Gasteiger partial charge on any atom is 0.136 e. The van der Waals surface area contributed by atoms with Gasteiger partial charge < -0.3 is 5.11 Å². The summed E-state index contributed by atoms with van der Waals surface area (Å²) in [5.41, 5.74) is -0.422. The van der Waals surface area contributed by atoms with Gasteiger partial charge in [-0.1, -0.05) is 39.8 Å². The Balaban J connectivity index is 2.07. The van der Waals surface area contributed by atoms with Gasteiger partial charge in [0.25, 0.3) is 0 Å². The van der Waals surface area contributed by atoms with Gasteiger partial charge in [-0.25, -0.2) is 0 Å². The average Bonchev–Trinajstić information content (AvgIpc) is 2.82. The van der Waals surface area contributed by atoms with Crippen LogP contribution in [0.3, 0.4) is 0 Å². The monoisotopic (exact) mass is 306 g/mol. The Labute approximate surface area is 136 Å². The fraction of sp³-hybridized carbons (Fsp3) is 0.850. The first-order valence-corrected chi connectivity index (χ1v) is 9.15. The molecule has 126 valence electrons. The number of fused-ring (bicyclic) bond motifs is 1. The number of allylic oxidation sites excluding steroid dienone is 1. The van der Waals surface area contributed by atoms with E-state index >= 15 is 0 Å². The van der Waals surface area contributed by atoms with E-state index in [1.54, 1.807) is 0 Å². The number of Topliss-reactive ketones (excluding diaryl/α,β-unsaturated/α-hetero) is 1. The van der Waals surface area contributed by atoms with Crippen LogP contribution in [-0.4, -0.2) is 16.5 Å². The number of ketones is 1. The molecule has 2 rings (SSSR count). The van der Waals surface area contributed by atoms with Crippen molar-refractivity contribution in [2.45, 2.75) is 78.7 Å². The van der Waals surface area contributed by atoms with E-state index in [-0.39, 0.29) is 11.3 Å². The summed E-state index contributed by atoms with van der Waals surface area (Å²) in [6.45, 7) is 10.7. The molecule has 2 unspecified atom stereocenters. The molecule has 0 radical (unpaired) electrons. The van der Waals surface area contributed by atoms with Crippen molar-refractivity contribution in [3.05, 3.63) is 12.2 Å². The SMILES string of the molecule is CCC(C)(O)[C@@H](C)/C=C/[C@@H](C)C1CC[C@H]2C(=O)CCC[C@]12C. The summed E-state index contributed by atoms with van der Waals surface area (Å²) in [6.07, 6.45) is 10.6. The Kier molecular flexibility index (Phi) is 5.21. The highest BCUT2D eigenvalue weighted by molar-refractivity contribution is 5.83. The lowest BCUT2D eigenvalue weighted by Crippen LogP contribution is -2.39. The highest BCUT2D eigenvalue weighted by Crippen LogP contribution is 2.56. The normalized spacial score (nSPS) is 37.8. The molecule has 2 saturated carbocycles. The van der Waals surface area contributed by atoms with Crippen LogP contribution in [0.25, 0.3) is 0 Å². The Morgan fingerprint density at radius 2 is 2.05 bits per heavy atom. The third-order valence-electron chi connectivity index (χ3n) is 6.97. The van der Waals surface area contributed by atoms with Crippen LogP contribution in [0, 0.1) is 29.1 Å². The van der Waals surface area contributed by atoms with Crippen LogP contribution in [0.1, 0.15) is 73.1 Å². The van der Waals surface area contributed by atoms with E-state index in [4.69, 9.17) is 0 Å². The van der Waals surface area contributed by atoms with Crippen molar-refractivity contribution in [3.63, 3.8) is 0 Å². The second kappa shape index (κ2) is 6.47. The molecule has 0 bridgehead atoms. The summed E-state index contributed by atoms with van der Waals surface area (Å²) in [4.78, 5) is 12.2. The first kappa shape index (κ1) is 17.7. The molecule has 6 atom stereocenters. The van der Waals surface area contributed by atoms with E-state index in [2.05, 4.69) is 32.9 Å². The van der Waals surface area contributed by atoms with Gasteiger partial charge in [-0.15, -0.1) is 0 Å². The lowest BCUT2D eigenvalue weighted by Gasteiger charge is -2.41. The van der Waals surface area contributed by atoms with Crippen molar-refractivity contribution in [3.8, 4) is 0 Å². The van der Waals surface area contributed by atoms with Crippen LogP contribution in [-0.2, 0) is 4.79 Å². The van der Waals surface area contributed by atoms with Gasteiger partial charge >= 0.3 is 0 Å². The first-order valence-electron chi connectivity index (χ1n) is 9.15. The number of rotatable bonds is 5. The molecule has 2 nitrogen and oxygen atoms in total. The Morgan fingerprint density at radius 1 is 1.36 bits per heavy atom. The molecule has 0 spiro atoms. The standard InChI is InChI=1S/C20H34O2/c1-6-20(5,22)15(3)10-9-14(2)16-11-12-17-18(21)8-7-13-19(16,17)4/h9-10,14-17,22H,6-8,11-13H2,1-5H3/b10-9+/t14-,15+,16?,17+,19-,20?/m1/s1. The van der Waals surface area contributed by atoms with E-state index in [1.165, 1.54) is 12.8 Å². The van der Waals surface area contributed by atoms with Crippen molar-refractivity contribution < 1.29 is 9.90 Å². The van der Waals surface area contributed by atoms with Crippen molar-refractivity contribution in [2.24, 2.45) is 29.1 Å². The largest absolute Gasteiger partial charge is 0.390 e. The number of hydrogen-bond donors (Lipinski definition) is 1. The number of hydrogen-bond acceptors (Lipinski definition) is 2. The summed E-state index contributed by atoms with van der Waals surface area (Å²) in [6, 6.07) is 0. The second-order valence-electron chi connectivity index (χ2n) is 8.31. The third kappa shape index (κ3) is 3.18. The minimum absolute atomic E-state index is 0.165. The molecule has 2 fully saturated rings. The van der Waals surface area contributed by atoms with Crippen molar-refractivity contribution in [1.29, 1.82) is 0 Å². The highest BCUT2D eigenvalue weighted by Gasteiger charge is 2.51. The molecule has 22 heavy (non-hydrogen) atoms. The predicted molar refractivity (Wildman–Crippen MR) is 91.6 cm³/mol. The molecule has 2 aliphatic rings. The molecule has 2 heteroatoms.